The summed E-state index contributed by atoms with van der Waals surface area (Å²) in [5.41, 5.74) is 1.66. The summed E-state index contributed by atoms with van der Waals surface area (Å²) in [7, 11) is 1.57. The molecule has 0 spiro atoms. The molecule has 4 nitrogen and oxygen atoms in total. The number of aromatic nitrogens is 1. The Bertz CT molecular complexity index is 401. The van der Waals surface area contributed by atoms with Gasteiger partial charge in [-0.05, 0) is 18.6 Å². The molecule has 0 bridgehead atoms. The zero-order valence-corrected chi connectivity index (χ0v) is 8.87. The van der Waals surface area contributed by atoms with Crippen molar-refractivity contribution in [2.75, 3.05) is 20.3 Å². The van der Waals surface area contributed by atoms with E-state index in [4.69, 9.17) is 14.2 Å². The number of hydrogen-bond donors (Lipinski definition) is 0. The minimum Gasteiger partial charge on any atom is -0.495 e. The topological polar surface area (TPSA) is 40.6 Å². The van der Waals surface area contributed by atoms with Crippen molar-refractivity contribution in [1.29, 1.82) is 0 Å². The molecular formula is C11H13NO3. The van der Waals surface area contributed by atoms with Gasteiger partial charge < -0.3 is 14.2 Å². The van der Waals surface area contributed by atoms with Crippen LogP contribution in [-0.4, -0.2) is 25.3 Å². The Labute approximate surface area is 88.5 Å². The lowest BCUT2D eigenvalue weighted by molar-refractivity contribution is 0.163. The van der Waals surface area contributed by atoms with Crippen molar-refractivity contribution in [3.8, 4) is 11.6 Å². The second-order valence-corrected chi connectivity index (χ2v) is 3.28. The number of ether oxygens (including phenoxy) is 3. The van der Waals surface area contributed by atoms with Gasteiger partial charge in [-0.3, -0.25) is 0 Å². The number of methoxy groups -OCH3 is 1. The summed E-state index contributed by atoms with van der Waals surface area (Å²) in [6.45, 7) is 6.80. The number of pyridine rings is 1. The van der Waals surface area contributed by atoms with E-state index in [1.807, 2.05) is 13.0 Å². The lowest BCUT2D eigenvalue weighted by atomic mass is 10.2. The van der Waals surface area contributed by atoms with Crippen LogP contribution in [0.1, 0.15) is 11.3 Å². The van der Waals surface area contributed by atoms with Crippen molar-refractivity contribution in [2.24, 2.45) is 0 Å². The average molecular weight is 207 g/mol. The fraction of sp³-hybridized carbons (Fsp3) is 0.364. The van der Waals surface area contributed by atoms with Crippen LogP contribution in [0.3, 0.4) is 0 Å². The molecule has 0 fully saturated rings. The molecule has 0 radical (unpaired) electrons. The Hall–Kier alpha value is -1.71. The van der Waals surface area contributed by atoms with Gasteiger partial charge in [-0.25, -0.2) is 4.98 Å². The van der Waals surface area contributed by atoms with Gasteiger partial charge in [-0.15, -0.1) is 0 Å². The Morgan fingerprint density at radius 2 is 2.20 bits per heavy atom. The van der Waals surface area contributed by atoms with E-state index in [0.29, 0.717) is 36.3 Å². The van der Waals surface area contributed by atoms with Gasteiger partial charge in [0.2, 0.25) is 0 Å². The number of aryl methyl sites for hydroxylation is 1. The molecule has 15 heavy (non-hydrogen) atoms. The van der Waals surface area contributed by atoms with E-state index in [9.17, 15) is 0 Å². The van der Waals surface area contributed by atoms with Crippen molar-refractivity contribution in [1.82, 2.24) is 4.98 Å². The van der Waals surface area contributed by atoms with E-state index >= 15 is 0 Å². The average Bonchev–Trinajstić information content (AvgIpc) is 2.28. The van der Waals surface area contributed by atoms with Crippen molar-refractivity contribution >= 4 is 5.76 Å². The highest BCUT2D eigenvalue weighted by Crippen LogP contribution is 2.33. The number of nitrogens with zero attached hydrogens (tertiary/aromatic N) is 1. The predicted molar refractivity (Wildman–Crippen MR) is 56.0 cm³/mol. The summed E-state index contributed by atoms with van der Waals surface area (Å²) >= 11 is 0. The first kappa shape index (κ1) is 9.83. The van der Waals surface area contributed by atoms with E-state index in [-0.39, 0.29) is 0 Å². The van der Waals surface area contributed by atoms with E-state index in [2.05, 4.69) is 11.6 Å². The molecule has 0 saturated heterocycles. The maximum atomic E-state index is 5.46. The van der Waals surface area contributed by atoms with Crippen molar-refractivity contribution in [2.45, 2.75) is 6.92 Å². The van der Waals surface area contributed by atoms with Crippen molar-refractivity contribution in [3.63, 3.8) is 0 Å². The molecule has 1 aromatic heterocycles. The van der Waals surface area contributed by atoms with Crippen LogP contribution in [0, 0.1) is 6.92 Å². The Morgan fingerprint density at radius 3 is 2.93 bits per heavy atom. The molecule has 4 heteroatoms. The highest BCUT2D eigenvalue weighted by molar-refractivity contribution is 5.58. The number of hydrogen-bond acceptors (Lipinski definition) is 4. The summed E-state index contributed by atoms with van der Waals surface area (Å²) in [6.07, 6.45) is 0. The normalized spacial score (nSPS) is 13.5. The Morgan fingerprint density at radius 1 is 1.47 bits per heavy atom. The minimum atomic E-state index is 0.523. The van der Waals surface area contributed by atoms with Crippen LogP contribution >= 0.6 is 0 Å². The van der Waals surface area contributed by atoms with Crippen LogP contribution in [0.4, 0.5) is 0 Å². The largest absolute Gasteiger partial charge is 0.495 e. The maximum absolute atomic E-state index is 5.46. The lowest BCUT2D eigenvalue weighted by Gasteiger charge is -2.20. The molecule has 0 atom stereocenters. The molecule has 0 saturated carbocycles. The summed E-state index contributed by atoms with van der Waals surface area (Å²) in [5.74, 6) is 1.76. The van der Waals surface area contributed by atoms with E-state index in [1.54, 1.807) is 7.11 Å². The lowest BCUT2D eigenvalue weighted by Crippen LogP contribution is -2.17. The molecule has 2 rings (SSSR count). The summed E-state index contributed by atoms with van der Waals surface area (Å²) in [4.78, 5) is 4.27. The van der Waals surface area contributed by atoms with E-state index in [0.717, 1.165) is 5.56 Å². The summed E-state index contributed by atoms with van der Waals surface area (Å²) < 4.78 is 15.9. The quantitative estimate of drug-likeness (QED) is 0.693. The minimum absolute atomic E-state index is 0.523. The standard InChI is InChI=1S/C11H13NO3/c1-7-6-9(8(2)13-3)12-11-10(7)14-4-5-15-11/h6H,2,4-5H2,1,3H3. The highest BCUT2D eigenvalue weighted by Gasteiger charge is 2.17. The second kappa shape index (κ2) is 3.81. The number of fused-ring (bicyclic) bond motifs is 1. The van der Waals surface area contributed by atoms with Crippen molar-refractivity contribution in [3.05, 3.63) is 23.9 Å². The van der Waals surface area contributed by atoms with Crippen LogP contribution in [0.15, 0.2) is 12.6 Å². The third-order valence-corrected chi connectivity index (χ3v) is 2.23. The third-order valence-electron chi connectivity index (χ3n) is 2.23. The van der Waals surface area contributed by atoms with Gasteiger partial charge in [0, 0.05) is 0 Å². The van der Waals surface area contributed by atoms with Crippen LogP contribution in [-0.2, 0) is 4.74 Å². The van der Waals surface area contributed by atoms with Crippen LogP contribution in [0.5, 0.6) is 11.6 Å². The predicted octanol–water partition coefficient (Wildman–Crippen LogP) is 1.78. The van der Waals surface area contributed by atoms with Gasteiger partial charge in [-0.2, -0.15) is 0 Å². The van der Waals surface area contributed by atoms with Gasteiger partial charge in [-0.1, -0.05) is 6.58 Å². The fourth-order valence-electron chi connectivity index (χ4n) is 1.43. The molecule has 1 aromatic rings. The highest BCUT2D eigenvalue weighted by atomic mass is 16.6. The maximum Gasteiger partial charge on any atom is 0.258 e. The van der Waals surface area contributed by atoms with Gasteiger partial charge in [0.1, 0.15) is 24.7 Å². The first-order valence-electron chi connectivity index (χ1n) is 4.73. The second-order valence-electron chi connectivity index (χ2n) is 3.28. The first-order chi connectivity index (χ1) is 7.22. The monoisotopic (exact) mass is 207 g/mol. The third kappa shape index (κ3) is 1.75. The molecule has 0 N–H and O–H groups in total. The van der Waals surface area contributed by atoms with Crippen LogP contribution in [0.25, 0.3) is 5.76 Å². The van der Waals surface area contributed by atoms with E-state index in [1.165, 1.54) is 0 Å². The van der Waals surface area contributed by atoms with Gasteiger partial charge in [0.15, 0.2) is 5.75 Å². The van der Waals surface area contributed by atoms with E-state index < -0.39 is 0 Å². The molecule has 0 aliphatic carbocycles. The van der Waals surface area contributed by atoms with Gasteiger partial charge >= 0.3 is 0 Å². The Kier molecular flexibility index (Phi) is 2.49. The van der Waals surface area contributed by atoms with Crippen molar-refractivity contribution < 1.29 is 14.2 Å². The molecular weight excluding hydrogens is 194 g/mol. The SMILES string of the molecule is C=C(OC)c1cc(C)c2c(n1)OCCO2. The smallest absolute Gasteiger partial charge is 0.258 e. The fourth-order valence-corrected chi connectivity index (χ4v) is 1.43. The molecule has 0 aromatic carbocycles. The van der Waals surface area contributed by atoms with Crippen LogP contribution in [0.2, 0.25) is 0 Å². The summed E-state index contributed by atoms with van der Waals surface area (Å²) in [5, 5.41) is 0. The van der Waals surface area contributed by atoms with Gasteiger partial charge in [0.25, 0.3) is 5.88 Å². The van der Waals surface area contributed by atoms with Crippen LogP contribution < -0.4 is 9.47 Å². The first-order valence-corrected chi connectivity index (χ1v) is 4.73. The zero-order chi connectivity index (χ0) is 10.8. The van der Waals surface area contributed by atoms with Gasteiger partial charge in [0.05, 0.1) is 7.11 Å². The zero-order valence-electron chi connectivity index (χ0n) is 8.87. The molecule has 1 aliphatic heterocycles. The molecule has 0 amide bonds. The molecule has 1 aliphatic rings. The molecule has 0 unspecified atom stereocenters. The molecule has 2 heterocycles. The molecule has 80 valence electrons. The Balaban J connectivity index is 2.45. The summed E-state index contributed by atoms with van der Waals surface area (Å²) in [6, 6.07) is 1.87. The number of rotatable bonds is 2.